The van der Waals surface area contributed by atoms with Crippen LogP contribution >= 0.6 is 0 Å². The van der Waals surface area contributed by atoms with Crippen LogP contribution in [-0.2, 0) is 6.42 Å². The van der Waals surface area contributed by atoms with E-state index < -0.39 is 0 Å². The molecule has 0 radical (unpaired) electrons. The van der Waals surface area contributed by atoms with Crippen LogP contribution in [0.4, 0.5) is 0 Å². The van der Waals surface area contributed by atoms with Crippen LogP contribution in [0.2, 0.25) is 0 Å². The number of benzene rings is 2. The van der Waals surface area contributed by atoms with Gasteiger partial charge in [-0.15, -0.1) is 0 Å². The van der Waals surface area contributed by atoms with Gasteiger partial charge in [-0.05, 0) is 54.7 Å². The third kappa shape index (κ3) is 3.59. The lowest BCUT2D eigenvalue weighted by atomic mass is 9.82. The van der Waals surface area contributed by atoms with Crippen LogP contribution in [0.1, 0.15) is 39.6 Å². The van der Waals surface area contributed by atoms with Crippen molar-refractivity contribution in [3.63, 3.8) is 0 Å². The largest absolute Gasteiger partial charge is 0.497 e. The second-order valence-corrected chi connectivity index (χ2v) is 8.20. The number of nitrogens with zero attached hydrogens (tertiary/aromatic N) is 3. The van der Waals surface area contributed by atoms with Gasteiger partial charge in [0.05, 0.1) is 38.3 Å². The molecule has 5 rings (SSSR count). The van der Waals surface area contributed by atoms with Gasteiger partial charge in [-0.25, -0.2) is 9.50 Å². The molecule has 0 spiro atoms. The molecule has 1 unspecified atom stereocenters. The Morgan fingerprint density at radius 3 is 2.39 bits per heavy atom. The second kappa shape index (κ2) is 8.24. The fraction of sp³-hybridized carbons (Fsp3) is 0.269. The fourth-order valence-electron chi connectivity index (χ4n) is 4.59. The molecule has 7 heteroatoms. The molecule has 0 aliphatic heterocycles. The Kier molecular flexibility index (Phi) is 5.24. The first kappa shape index (κ1) is 21.0. The molecule has 0 saturated heterocycles. The van der Waals surface area contributed by atoms with Gasteiger partial charge in [0, 0.05) is 18.2 Å². The van der Waals surface area contributed by atoms with Crippen LogP contribution in [0.15, 0.2) is 48.7 Å². The quantitative estimate of drug-likeness (QED) is 0.447. The number of methoxy groups -OCH3 is 3. The van der Waals surface area contributed by atoms with Crippen LogP contribution < -0.4 is 14.2 Å². The van der Waals surface area contributed by atoms with E-state index in [0.29, 0.717) is 29.9 Å². The van der Waals surface area contributed by atoms with E-state index in [4.69, 9.17) is 19.2 Å². The van der Waals surface area contributed by atoms with E-state index in [1.165, 1.54) is 0 Å². The number of hydrogen-bond donors (Lipinski definition) is 0. The van der Waals surface area contributed by atoms with E-state index in [2.05, 4.69) is 5.10 Å². The Balaban J connectivity index is 1.59. The van der Waals surface area contributed by atoms with Crippen LogP contribution in [0.3, 0.4) is 0 Å². The lowest BCUT2D eigenvalue weighted by Crippen LogP contribution is -2.21. The van der Waals surface area contributed by atoms with E-state index in [0.717, 1.165) is 39.5 Å². The zero-order chi connectivity index (χ0) is 23.1. The van der Waals surface area contributed by atoms with Gasteiger partial charge in [-0.1, -0.05) is 18.2 Å². The minimum atomic E-state index is 0.0828. The van der Waals surface area contributed by atoms with Crippen molar-refractivity contribution in [3.05, 3.63) is 71.2 Å². The first-order valence-corrected chi connectivity index (χ1v) is 10.8. The maximum atomic E-state index is 13.0. The molecule has 168 valence electrons. The number of ketones is 1. The average Bonchev–Trinajstić information content (AvgIpc) is 3.17. The standard InChI is InChI=1S/C26H25N3O4/c1-15-25(17-7-10-23(32-3)24(13-17)33-4)26-27-21-11-18(16-5-8-19(31-2)9-6-16)12-22(30)20(21)14-29(26)28-15/h5-10,13-14,18H,11-12H2,1-4H3. The predicted octanol–water partition coefficient (Wildman–Crippen LogP) is 4.64. The zero-order valence-electron chi connectivity index (χ0n) is 19.1. The summed E-state index contributed by atoms with van der Waals surface area (Å²) in [7, 11) is 4.88. The van der Waals surface area contributed by atoms with Crippen LogP contribution in [-0.4, -0.2) is 41.7 Å². The highest BCUT2D eigenvalue weighted by Gasteiger charge is 2.29. The molecular formula is C26H25N3O4. The van der Waals surface area contributed by atoms with Crippen molar-refractivity contribution in [2.24, 2.45) is 0 Å². The normalized spacial score (nSPS) is 15.4. The number of carbonyl (C=O) groups excluding carboxylic acids is 1. The summed E-state index contributed by atoms with van der Waals surface area (Å²) in [5, 5.41) is 4.64. The Morgan fingerprint density at radius 2 is 1.70 bits per heavy atom. The molecule has 1 aliphatic rings. The third-order valence-corrected chi connectivity index (χ3v) is 6.29. The molecule has 2 heterocycles. The Hall–Kier alpha value is -3.87. The van der Waals surface area contributed by atoms with E-state index >= 15 is 0 Å². The summed E-state index contributed by atoms with van der Waals surface area (Å²) in [6.45, 7) is 1.95. The van der Waals surface area contributed by atoms with Crippen molar-refractivity contribution in [2.45, 2.75) is 25.7 Å². The number of carbonyl (C=O) groups is 1. The minimum absolute atomic E-state index is 0.0828. The summed E-state index contributed by atoms with van der Waals surface area (Å²) >= 11 is 0. The topological polar surface area (TPSA) is 75.0 Å². The van der Waals surface area contributed by atoms with Gasteiger partial charge < -0.3 is 14.2 Å². The van der Waals surface area contributed by atoms with Gasteiger partial charge in [0.15, 0.2) is 22.9 Å². The van der Waals surface area contributed by atoms with E-state index in [1.807, 2.05) is 55.6 Å². The molecule has 2 aromatic heterocycles. The molecule has 0 N–H and O–H groups in total. The number of Topliss-reactive ketones (excluding diaryl/α,β-unsaturated/α-hetero) is 1. The molecule has 0 fully saturated rings. The summed E-state index contributed by atoms with van der Waals surface area (Å²) in [6, 6.07) is 13.7. The minimum Gasteiger partial charge on any atom is -0.497 e. The molecule has 0 saturated carbocycles. The van der Waals surface area contributed by atoms with E-state index in [-0.39, 0.29) is 11.7 Å². The molecule has 4 aromatic rings. The summed E-state index contributed by atoms with van der Waals surface area (Å²) in [5.74, 6) is 2.28. The van der Waals surface area contributed by atoms with Crippen molar-refractivity contribution in [2.75, 3.05) is 21.3 Å². The maximum Gasteiger partial charge on any atom is 0.166 e. The number of aromatic nitrogens is 3. The highest BCUT2D eigenvalue weighted by molar-refractivity contribution is 5.99. The number of aryl methyl sites for hydroxylation is 1. The predicted molar refractivity (Wildman–Crippen MR) is 125 cm³/mol. The van der Waals surface area contributed by atoms with Crippen LogP contribution in [0, 0.1) is 6.92 Å². The van der Waals surface area contributed by atoms with Gasteiger partial charge in [-0.3, -0.25) is 4.79 Å². The summed E-state index contributed by atoms with van der Waals surface area (Å²) < 4.78 is 17.8. The summed E-state index contributed by atoms with van der Waals surface area (Å²) in [5.41, 5.74) is 5.97. The summed E-state index contributed by atoms with van der Waals surface area (Å²) in [4.78, 5) is 18.0. The van der Waals surface area contributed by atoms with Crippen molar-refractivity contribution < 1.29 is 19.0 Å². The van der Waals surface area contributed by atoms with Gasteiger partial charge in [0.25, 0.3) is 0 Å². The fourth-order valence-corrected chi connectivity index (χ4v) is 4.59. The molecule has 1 aliphatic carbocycles. The summed E-state index contributed by atoms with van der Waals surface area (Å²) in [6.07, 6.45) is 2.97. The molecule has 0 amide bonds. The van der Waals surface area contributed by atoms with Crippen molar-refractivity contribution in [3.8, 4) is 28.4 Å². The second-order valence-electron chi connectivity index (χ2n) is 8.20. The first-order chi connectivity index (χ1) is 16.0. The molecular weight excluding hydrogens is 418 g/mol. The van der Waals surface area contributed by atoms with Gasteiger partial charge >= 0.3 is 0 Å². The SMILES string of the molecule is COc1ccc(C2CC(=O)c3cn4nc(C)c(-c5ccc(OC)c(OC)c5)c4nc3C2)cc1. The number of rotatable bonds is 5. The monoisotopic (exact) mass is 443 g/mol. The molecule has 1 atom stereocenters. The van der Waals surface area contributed by atoms with E-state index in [9.17, 15) is 4.79 Å². The van der Waals surface area contributed by atoms with Crippen LogP contribution in [0.25, 0.3) is 16.8 Å². The van der Waals surface area contributed by atoms with E-state index in [1.54, 1.807) is 25.8 Å². The Labute approximate surface area is 191 Å². The average molecular weight is 444 g/mol. The lowest BCUT2D eigenvalue weighted by Gasteiger charge is -2.23. The number of ether oxygens (including phenoxy) is 3. The smallest absolute Gasteiger partial charge is 0.166 e. The van der Waals surface area contributed by atoms with Crippen LogP contribution in [0.5, 0.6) is 17.2 Å². The maximum absolute atomic E-state index is 13.0. The molecule has 33 heavy (non-hydrogen) atoms. The highest BCUT2D eigenvalue weighted by atomic mass is 16.5. The highest BCUT2D eigenvalue weighted by Crippen LogP contribution is 2.37. The first-order valence-electron chi connectivity index (χ1n) is 10.8. The number of hydrogen-bond acceptors (Lipinski definition) is 6. The van der Waals surface area contributed by atoms with Gasteiger partial charge in [0.1, 0.15) is 5.75 Å². The van der Waals surface area contributed by atoms with Gasteiger partial charge in [0.2, 0.25) is 0 Å². The van der Waals surface area contributed by atoms with Crippen molar-refractivity contribution in [1.82, 2.24) is 14.6 Å². The Morgan fingerprint density at radius 1 is 0.939 bits per heavy atom. The molecule has 7 nitrogen and oxygen atoms in total. The third-order valence-electron chi connectivity index (χ3n) is 6.29. The zero-order valence-corrected chi connectivity index (χ0v) is 19.1. The van der Waals surface area contributed by atoms with Crippen molar-refractivity contribution in [1.29, 1.82) is 0 Å². The van der Waals surface area contributed by atoms with Gasteiger partial charge in [-0.2, -0.15) is 5.10 Å². The Bertz CT molecular complexity index is 1360. The molecule has 0 bridgehead atoms. The lowest BCUT2D eigenvalue weighted by molar-refractivity contribution is 0.0962. The molecule has 2 aromatic carbocycles. The van der Waals surface area contributed by atoms with Crippen molar-refractivity contribution >= 4 is 11.4 Å². The number of fused-ring (bicyclic) bond motifs is 2.